The number of nitrogens with zero attached hydrogens (tertiary/aromatic N) is 1. The van der Waals surface area contributed by atoms with Crippen LogP contribution in [0.4, 0.5) is 0 Å². The largest absolute Gasteiger partial charge is 0.508 e. The predicted octanol–water partition coefficient (Wildman–Crippen LogP) is -2.92. The third-order valence-corrected chi connectivity index (χ3v) is 23.3. The third-order valence-electron chi connectivity index (χ3n) is 22.6. The maximum Gasteiger partial charge on any atom is 0.330 e. The number of aliphatic hydroxyl groups is 10. The van der Waals surface area contributed by atoms with E-state index < -0.39 is 310 Å². The lowest BCUT2D eigenvalue weighted by Crippen LogP contribution is -2.65. The lowest BCUT2D eigenvalue weighted by Gasteiger charge is -2.47. The highest BCUT2D eigenvalue weighted by molar-refractivity contribution is 7.80. The van der Waals surface area contributed by atoms with E-state index in [1.165, 1.54) is 59.0 Å². The number of amides is 7. The molecule has 0 saturated carbocycles. The maximum absolute atomic E-state index is 16.5. The molecule has 14 rings (SSSR count). The second-order valence-electron chi connectivity index (χ2n) is 32.6. The van der Waals surface area contributed by atoms with Gasteiger partial charge in [0.2, 0.25) is 53.4 Å². The Hall–Kier alpha value is -10.1. The minimum absolute atomic E-state index is 0.0745. The zero-order valence-corrected chi connectivity index (χ0v) is 69.1. The van der Waals surface area contributed by atoms with Crippen molar-refractivity contribution in [2.45, 2.75) is 231 Å². The average Bonchev–Trinajstić information content (AvgIpc) is 0.762. The topological polar surface area (TPSA) is 668 Å². The van der Waals surface area contributed by atoms with E-state index in [9.17, 15) is 81.1 Å². The van der Waals surface area contributed by atoms with Gasteiger partial charge in [-0.2, -0.15) is 0 Å². The molecule has 5 aromatic carbocycles. The summed E-state index contributed by atoms with van der Waals surface area (Å²) in [7, 11) is 1.31. The normalized spacial score (nSPS) is 33.6. The van der Waals surface area contributed by atoms with E-state index >= 15 is 28.8 Å². The molecule has 11 bridgehead atoms. The molecule has 27 N–H and O–H groups in total. The minimum Gasteiger partial charge on any atom is -0.508 e. The standard InChI is InChI=1S/C80H100ClN11O31S/c1-28(2)16-41(92(7)78(124)91-75-63(104)61(102)59(100)47(26-93)119-75)70(108)89-56-58(99)33-11-15-44(39(81)18-33)118-46-20-34-19-45(65(46)123-77-66(62(103)60(101)48(27-94)120-77)122-51-25-80(6,84)68(106)30(4)116-51)117-36-12-8-31(9-13-36)64(121-50-24-79(5,83)67(105)29(3)115-50)57-74(112)88-55(76(113)114)38-21-35(95)22-43(97)52(38)37-17-32(10-14-42(37)96)53(71(109)90-57)87-72(110)54(34)86-69(107)40(23-49(82)98)85-73(56)111/h8-15,17-22,28-30,40-41,47-48,50-51,53-64,66-68,75,77,93-97,99-106H,16,23-27,83-84H2,1-7H3,(H2,82,98)(H,85,111)(H,86,107)(H,87,110)(H,88,112)(H,89,108)(H,90,109)(H,91,124)(H,113,114)/t29-,30-,40-,41+,47+,48+,50-,51-,53+,54+,55-,56+,57-,58+,59+,60+,61-,62-,63+,64+,66+,67-,68-,75+,77-,79-,80-/m0/s1. The van der Waals surface area contributed by atoms with Crippen LogP contribution >= 0.6 is 23.8 Å². The molecule has 0 unspecified atom stereocenters. The zero-order chi connectivity index (χ0) is 90.5. The molecule has 27 atom stereocenters. The van der Waals surface area contributed by atoms with Gasteiger partial charge in [0, 0.05) is 53.7 Å². The Morgan fingerprint density at radius 1 is 0.637 bits per heavy atom. The van der Waals surface area contributed by atoms with Crippen molar-refractivity contribution in [3.8, 4) is 57.1 Å². The Balaban J connectivity index is 1.07. The first-order chi connectivity index (χ1) is 58.4. The molecule has 9 aliphatic rings. The number of thiocarbonyl (C=S) groups is 1. The number of rotatable bonds is 17. The first-order valence-corrected chi connectivity index (χ1v) is 40.2. The summed E-state index contributed by atoms with van der Waals surface area (Å²) in [5.41, 5.74) is 13.3. The van der Waals surface area contributed by atoms with Gasteiger partial charge in [-0.3, -0.25) is 33.6 Å². The van der Waals surface area contributed by atoms with Crippen LogP contribution in [0.3, 0.4) is 0 Å². The van der Waals surface area contributed by atoms with Crippen LogP contribution in [-0.4, -0.2) is 283 Å². The second-order valence-corrected chi connectivity index (χ2v) is 33.4. The number of nitrogens with two attached hydrogens (primary N) is 3. The minimum atomic E-state index is -2.44. The van der Waals surface area contributed by atoms with Crippen LogP contribution < -0.4 is 68.6 Å². The molecule has 0 radical (unpaired) electrons. The number of carboxylic acids is 1. The number of hydrogen-bond donors (Lipinski definition) is 24. The summed E-state index contributed by atoms with van der Waals surface area (Å²) in [6, 6.07) is -0.129. The van der Waals surface area contributed by atoms with Gasteiger partial charge >= 0.3 is 5.97 Å². The first-order valence-electron chi connectivity index (χ1n) is 39.4. The van der Waals surface area contributed by atoms with Gasteiger partial charge in [-0.15, -0.1) is 0 Å². The number of aliphatic carboxylic acids is 1. The van der Waals surface area contributed by atoms with Crippen LogP contribution in [0, 0.1) is 5.92 Å². The molecular weight excluding hydrogens is 1680 g/mol. The number of primary amides is 1. The number of benzene rings is 5. The van der Waals surface area contributed by atoms with Crippen molar-refractivity contribution in [2.24, 2.45) is 23.1 Å². The number of carbonyl (C=O) groups is 8. The van der Waals surface area contributed by atoms with E-state index in [0.717, 1.165) is 65.6 Å². The van der Waals surface area contributed by atoms with E-state index in [2.05, 4.69) is 37.2 Å². The summed E-state index contributed by atoms with van der Waals surface area (Å²) in [6.45, 7) is 7.48. The van der Waals surface area contributed by atoms with Crippen LogP contribution in [0.2, 0.25) is 5.02 Å². The number of ether oxygens (including phenoxy) is 9. The molecule has 42 nitrogen and oxygen atoms in total. The van der Waals surface area contributed by atoms with Crippen LogP contribution in [0.15, 0.2) is 84.9 Å². The number of phenols is 3. The van der Waals surface area contributed by atoms with Crippen molar-refractivity contribution in [1.82, 2.24) is 42.1 Å². The van der Waals surface area contributed by atoms with Gasteiger partial charge in [-0.1, -0.05) is 49.7 Å². The van der Waals surface area contributed by atoms with Gasteiger partial charge in [0.05, 0.1) is 49.1 Å². The van der Waals surface area contributed by atoms with Crippen molar-refractivity contribution < 1.29 is 152 Å². The molecule has 4 fully saturated rings. The molecular formula is C80H100ClN11O31S. The van der Waals surface area contributed by atoms with Gasteiger partial charge in [0.15, 0.2) is 47.6 Å². The van der Waals surface area contributed by atoms with Crippen LogP contribution in [0.5, 0.6) is 46.0 Å². The summed E-state index contributed by atoms with van der Waals surface area (Å²) in [4.78, 5) is 123. The van der Waals surface area contributed by atoms with Crippen LogP contribution in [-0.2, 0) is 66.8 Å². The molecule has 0 aliphatic carbocycles. The molecule has 674 valence electrons. The van der Waals surface area contributed by atoms with Crippen molar-refractivity contribution in [3.05, 3.63) is 118 Å². The Morgan fingerprint density at radius 3 is 1.82 bits per heavy atom. The van der Waals surface area contributed by atoms with Gasteiger partial charge in [-0.05, 0) is 129 Å². The number of aliphatic hydroxyl groups excluding tert-OH is 10. The summed E-state index contributed by atoms with van der Waals surface area (Å²) in [6.07, 6.45) is -32.1. The average molecular weight is 1780 g/mol. The van der Waals surface area contributed by atoms with Crippen molar-refractivity contribution in [2.75, 3.05) is 20.3 Å². The number of carbonyl (C=O) groups excluding carboxylic acids is 7. The monoisotopic (exact) mass is 1780 g/mol. The predicted molar refractivity (Wildman–Crippen MR) is 429 cm³/mol. The first kappa shape index (κ1) is 93.1. The second kappa shape index (κ2) is 37.6. The molecule has 0 aromatic heterocycles. The molecule has 124 heavy (non-hydrogen) atoms. The molecule has 4 saturated heterocycles. The Bertz CT molecular complexity index is 4860. The van der Waals surface area contributed by atoms with Gasteiger partial charge in [0.1, 0.15) is 120 Å². The Morgan fingerprint density at radius 2 is 1.22 bits per heavy atom. The summed E-state index contributed by atoms with van der Waals surface area (Å²) < 4.78 is 57.5. The van der Waals surface area contributed by atoms with Crippen LogP contribution in [0.1, 0.15) is 125 Å². The van der Waals surface area contributed by atoms with E-state index in [-0.39, 0.29) is 41.3 Å². The van der Waals surface area contributed by atoms with Crippen LogP contribution in [0.25, 0.3) is 11.1 Å². The van der Waals surface area contributed by atoms with Crippen molar-refractivity contribution >= 4 is 76.3 Å². The number of nitrogens with one attached hydrogen (secondary N) is 7. The quantitative estimate of drug-likeness (QED) is 0.0415. The summed E-state index contributed by atoms with van der Waals surface area (Å²) in [5.74, 6) is -16.9. The summed E-state index contributed by atoms with van der Waals surface area (Å²) in [5, 5.41) is 174. The van der Waals surface area contributed by atoms with E-state index in [1.54, 1.807) is 13.8 Å². The highest BCUT2D eigenvalue weighted by atomic mass is 35.5. The highest BCUT2D eigenvalue weighted by Crippen LogP contribution is 2.50. The molecule has 9 heterocycles. The fourth-order valence-electron chi connectivity index (χ4n) is 15.9. The highest BCUT2D eigenvalue weighted by Gasteiger charge is 2.53. The number of fused-ring (bicyclic) bond motifs is 15. The van der Waals surface area contributed by atoms with E-state index in [4.69, 9.17) is 83.7 Å². The fourth-order valence-corrected chi connectivity index (χ4v) is 16.3. The van der Waals surface area contributed by atoms with E-state index in [1.807, 2.05) is 0 Å². The molecule has 44 heteroatoms. The fraction of sp³-hybridized carbons (Fsp3) is 0.512. The zero-order valence-electron chi connectivity index (χ0n) is 67.5. The number of carboxylic acid groups (broad SMARTS) is 1. The van der Waals surface area contributed by atoms with Gasteiger partial charge in [0.25, 0.3) is 0 Å². The number of aromatic hydroxyl groups is 3. The number of phenolic OH excluding ortho intramolecular Hbond substituents is 3. The van der Waals surface area contributed by atoms with Gasteiger partial charge in [-0.25, -0.2) is 4.79 Å². The molecule has 9 aliphatic heterocycles. The molecule has 0 spiro atoms. The van der Waals surface area contributed by atoms with Crippen molar-refractivity contribution in [1.29, 1.82) is 0 Å². The lowest BCUT2D eigenvalue weighted by molar-refractivity contribution is -0.333. The number of halogens is 1. The Kier molecular flexibility index (Phi) is 28.2. The van der Waals surface area contributed by atoms with E-state index in [0.29, 0.717) is 0 Å². The lowest BCUT2D eigenvalue weighted by atomic mass is 9.86. The Labute approximate surface area is 717 Å². The third kappa shape index (κ3) is 19.8. The summed E-state index contributed by atoms with van der Waals surface area (Å²) >= 11 is 12.9. The number of hydrogen-bond acceptors (Lipinski definition) is 33. The molecule has 7 amide bonds. The molecule has 5 aromatic rings. The smallest absolute Gasteiger partial charge is 0.330 e. The number of likely N-dealkylation sites (N-methyl/N-ethyl adjacent to an activating group) is 1. The maximum atomic E-state index is 16.5. The van der Waals surface area contributed by atoms with Crippen molar-refractivity contribution in [3.63, 3.8) is 0 Å². The SMILES string of the molecule is CC(C)C[C@H](C(=O)N[C@H]1C(=O)N[C@@H](CC(N)=O)C(=O)N[C@H]2C(=O)N[C@H]3C(=O)N[C@H](C(=O)N[C@H](C(=O)O)c4cc(O)cc(O)c4-c4cc3ccc4O)[C@H](O[C@H]3C[C@](C)(N)[C@@H](O)[C@H](C)O3)c3ccc(cc3)Oc3cc2cc(c3O[C@@H]2O[C@H](CO)[C@@H](O)[C@H](O)[C@H]2O[C@H]2C[C@](C)(N)[C@@H](O)[C@H](C)O2)Oc2ccc(cc2Cl)[C@H]1O)N(C)C(=S)N[C@@H]1O[C@H](CO)[C@@H](O)[C@H](O)[C@H]1O. The van der Waals surface area contributed by atoms with Gasteiger partial charge < -0.3 is 173 Å².